The normalized spacial score (nSPS) is 23.0. The number of likely N-dealkylation sites (tertiary alicyclic amines) is 1. The van der Waals surface area contributed by atoms with E-state index >= 15 is 0 Å². The van der Waals surface area contributed by atoms with E-state index in [1.807, 2.05) is 20.0 Å². The molecule has 0 aliphatic carbocycles. The van der Waals surface area contributed by atoms with Crippen molar-refractivity contribution in [1.29, 1.82) is 0 Å². The van der Waals surface area contributed by atoms with Crippen molar-refractivity contribution in [2.45, 2.75) is 19.4 Å². The van der Waals surface area contributed by atoms with Gasteiger partial charge in [-0.1, -0.05) is 24.6 Å². The summed E-state index contributed by atoms with van der Waals surface area (Å²) in [5.41, 5.74) is 0.899. The number of nitrogens with zero attached hydrogens (tertiary/aromatic N) is 1. The first-order valence-electron chi connectivity index (χ1n) is 7.86. The third-order valence-electron chi connectivity index (χ3n) is 4.46. The predicted molar refractivity (Wildman–Crippen MR) is 88.9 cm³/mol. The van der Waals surface area contributed by atoms with Gasteiger partial charge in [-0.15, -0.1) is 0 Å². The molecule has 0 radical (unpaired) electrons. The monoisotopic (exact) mass is 342 g/mol. The second-order valence-electron chi connectivity index (χ2n) is 6.25. The molecule has 0 unspecified atom stereocenters. The number of halogens is 2. The van der Waals surface area contributed by atoms with Crippen molar-refractivity contribution in [3.8, 4) is 0 Å². The van der Waals surface area contributed by atoms with Crippen LogP contribution in [0.3, 0.4) is 0 Å². The molecule has 1 amide bonds. The molecule has 1 aromatic carbocycles. The average molecular weight is 343 g/mol. The maximum absolute atomic E-state index is 13.8. The lowest BCUT2D eigenvalue weighted by atomic mass is 9.93. The van der Waals surface area contributed by atoms with Gasteiger partial charge in [0.05, 0.1) is 17.5 Å². The molecule has 128 valence electrons. The van der Waals surface area contributed by atoms with Crippen molar-refractivity contribution in [1.82, 2.24) is 10.2 Å². The molecular formula is C17H24ClFN2O2. The molecule has 2 rings (SSSR count). The zero-order valence-electron chi connectivity index (χ0n) is 13.8. The van der Waals surface area contributed by atoms with Crippen LogP contribution in [0.5, 0.6) is 0 Å². The second kappa shape index (κ2) is 8.08. The molecule has 0 bridgehead atoms. The molecular weight excluding hydrogens is 319 g/mol. The zero-order valence-corrected chi connectivity index (χ0v) is 14.6. The lowest BCUT2D eigenvalue weighted by molar-refractivity contribution is -0.126. The summed E-state index contributed by atoms with van der Waals surface area (Å²) in [5.74, 6) is -0.340. The second-order valence-corrected chi connectivity index (χ2v) is 6.66. The molecule has 0 aromatic heterocycles. The molecule has 1 fully saturated rings. The van der Waals surface area contributed by atoms with Gasteiger partial charge < -0.3 is 10.1 Å². The van der Waals surface area contributed by atoms with Gasteiger partial charge in [-0.25, -0.2) is 4.39 Å². The van der Waals surface area contributed by atoms with E-state index in [9.17, 15) is 9.18 Å². The Kier molecular flexibility index (Phi) is 6.39. The van der Waals surface area contributed by atoms with Crippen LogP contribution >= 0.6 is 11.6 Å². The first-order chi connectivity index (χ1) is 10.9. The number of ether oxygens (including phenoxy) is 1. The number of amides is 1. The zero-order chi connectivity index (χ0) is 17.0. The van der Waals surface area contributed by atoms with Gasteiger partial charge in [-0.2, -0.15) is 0 Å². The Morgan fingerprint density at radius 1 is 1.57 bits per heavy atom. The van der Waals surface area contributed by atoms with Crippen LogP contribution in [0.15, 0.2) is 18.2 Å². The first-order valence-corrected chi connectivity index (χ1v) is 8.23. The largest absolute Gasteiger partial charge is 0.384 e. The predicted octanol–water partition coefficient (Wildman–Crippen LogP) is 2.87. The molecule has 0 spiro atoms. The van der Waals surface area contributed by atoms with E-state index < -0.39 is 5.82 Å². The Bertz CT molecular complexity index is 555. The minimum Gasteiger partial charge on any atom is -0.384 e. The first kappa shape index (κ1) is 18.2. The highest BCUT2D eigenvalue weighted by Gasteiger charge is 2.33. The Morgan fingerprint density at radius 2 is 2.30 bits per heavy atom. The van der Waals surface area contributed by atoms with Gasteiger partial charge in [0.1, 0.15) is 5.82 Å². The van der Waals surface area contributed by atoms with Gasteiger partial charge >= 0.3 is 0 Å². The highest BCUT2D eigenvalue weighted by atomic mass is 35.5. The fourth-order valence-corrected chi connectivity index (χ4v) is 3.31. The summed E-state index contributed by atoms with van der Waals surface area (Å²) in [6.45, 7) is 3.74. The van der Waals surface area contributed by atoms with E-state index in [4.69, 9.17) is 16.3 Å². The third-order valence-corrected chi connectivity index (χ3v) is 4.77. The van der Waals surface area contributed by atoms with Crippen LogP contribution in [-0.4, -0.2) is 44.7 Å². The molecule has 1 aliphatic rings. The number of carbonyl (C=O) groups excluding carboxylic acids is 1. The van der Waals surface area contributed by atoms with Crippen molar-refractivity contribution in [3.63, 3.8) is 0 Å². The standard InChI is InChI=1S/C17H24ClFN2O2/c1-11(10-23-3)17(22)20-9-13-6-7-21(2)16(13)12-4-5-14(18)15(19)8-12/h4-5,8,11,13,16H,6-7,9-10H2,1-3H3,(H,20,22)/t11-,13-,16-/m1/s1. The van der Waals surface area contributed by atoms with Crippen LogP contribution in [0.25, 0.3) is 0 Å². The van der Waals surface area contributed by atoms with Crippen molar-refractivity contribution >= 4 is 17.5 Å². The minimum atomic E-state index is -0.402. The molecule has 1 aromatic rings. The number of methoxy groups -OCH3 is 1. The fraction of sp³-hybridized carbons (Fsp3) is 0.588. The van der Waals surface area contributed by atoms with Crippen molar-refractivity contribution in [2.24, 2.45) is 11.8 Å². The van der Waals surface area contributed by atoms with Crippen LogP contribution in [0.4, 0.5) is 4.39 Å². The summed E-state index contributed by atoms with van der Waals surface area (Å²) in [7, 11) is 3.60. The molecule has 1 aliphatic heterocycles. The Morgan fingerprint density at radius 3 is 2.96 bits per heavy atom. The number of hydrogen-bond donors (Lipinski definition) is 1. The summed E-state index contributed by atoms with van der Waals surface area (Å²) in [4.78, 5) is 14.2. The smallest absolute Gasteiger partial charge is 0.225 e. The number of rotatable bonds is 6. The highest BCUT2D eigenvalue weighted by Crippen LogP contribution is 2.36. The lowest BCUT2D eigenvalue weighted by Gasteiger charge is -2.26. The van der Waals surface area contributed by atoms with Gasteiger partial charge in [0.15, 0.2) is 0 Å². The highest BCUT2D eigenvalue weighted by molar-refractivity contribution is 6.30. The quantitative estimate of drug-likeness (QED) is 0.864. The summed E-state index contributed by atoms with van der Waals surface area (Å²) in [6, 6.07) is 5.03. The number of hydrogen-bond acceptors (Lipinski definition) is 3. The van der Waals surface area contributed by atoms with Crippen molar-refractivity contribution in [3.05, 3.63) is 34.6 Å². The number of benzene rings is 1. The third kappa shape index (κ3) is 4.43. The van der Waals surface area contributed by atoms with Gasteiger partial charge in [0.2, 0.25) is 5.91 Å². The number of carbonyl (C=O) groups is 1. The van der Waals surface area contributed by atoms with Gasteiger partial charge in [0.25, 0.3) is 0 Å². The molecule has 0 saturated carbocycles. The van der Waals surface area contributed by atoms with Crippen molar-refractivity contribution in [2.75, 3.05) is 33.9 Å². The molecule has 6 heteroatoms. The summed E-state index contributed by atoms with van der Waals surface area (Å²) < 4.78 is 18.8. The van der Waals surface area contributed by atoms with Crippen LogP contribution in [-0.2, 0) is 9.53 Å². The van der Waals surface area contributed by atoms with E-state index in [1.165, 1.54) is 6.07 Å². The van der Waals surface area contributed by atoms with E-state index in [1.54, 1.807) is 13.2 Å². The molecule has 3 atom stereocenters. The Balaban J connectivity index is 2.03. The molecule has 4 nitrogen and oxygen atoms in total. The van der Waals surface area contributed by atoms with Gasteiger partial charge in [0, 0.05) is 19.7 Å². The summed E-state index contributed by atoms with van der Waals surface area (Å²) in [5, 5.41) is 3.12. The van der Waals surface area contributed by atoms with Crippen LogP contribution in [0.2, 0.25) is 5.02 Å². The fourth-order valence-electron chi connectivity index (χ4n) is 3.19. The maximum Gasteiger partial charge on any atom is 0.225 e. The topological polar surface area (TPSA) is 41.6 Å². The van der Waals surface area contributed by atoms with Gasteiger partial charge in [-0.05, 0) is 43.6 Å². The Hall–Kier alpha value is -1.17. The lowest BCUT2D eigenvalue weighted by Crippen LogP contribution is -2.36. The number of nitrogens with one attached hydrogen (secondary N) is 1. The van der Waals surface area contributed by atoms with E-state index in [2.05, 4.69) is 10.2 Å². The van der Waals surface area contributed by atoms with Crippen molar-refractivity contribution < 1.29 is 13.9 Å². The molecule has 23 heavy (non-hydrogen) atoms. The Labute approximate surface area is 141 Å². The minimum absolute atomic E-state index is 0.0116. The van der Waals surface area contributed by atoms with E-state index in [0.29, 0.717) is 13.2 Å². The molecule has 1 N–H and O–H groups in total. The SMILES string of the molecule is COC[C@@H](C)C(=O)NC[C@H]1CCN(C)[C@@H]1c1ccc(Cl)c(F)c1. The molecule has 1 heterocycles. The maximum atomic E-state index is 13.8. The van der Waals surface area contributed by atoms with Crippen LogP contribution in [0, 0.1) is 17.7 Å². The van der Waals surface area contributed by atoms with E-state index in [0.717, 1.165) is 18.5 Å². The summed E-state index contributed by atoms with van der Waals surface area (Å²) in [6.07, 6.45) is 0.963. The van der Waals surface area contributed by atoms with Gasteiger partial charge in [-0.3, -0.25) is 9.69 Å². The molecule has 1 saturated heterocycles. The average Bonchev–Trinajstić information content (AvgIpc) is 2.89. The summed E-state index contributed by atoms with van der Waals surface area (Å²) >= 11 is 5.77. The van der Waals surface area contributed by atoms with Crippen LogP contribution < -0.4 is 5.32 Å². The van der Waals surface area contributed by atoms with E-state index in [-0.39, 0.29) is 28.8 Å². The van der Waals surface area contributed by atoms with Crippen LogP contribution in [0.1, 0.15) is 24.9 Å².